The number of nitrogens with zero attached hydrogens (tertiary/aromatic N) is 1. The first kappa shape index (κ1) is 17.5. The Morgan fingerprint density at radius 1 is 0.929 bits per heavy atom. The number of anilines is 1. The Morgan fingerprint density at radius 2 is 1.64 bits per heavy atom. The van der Waals surface area contributed by atoms with E-state index in [9.17, 15) is 4.79 Å². The summed E-state index contributed by atoms with van der Waals surface area (Å²) in [6.45, 7) is 0. The lowest BCUT2D eigenvalue weighted by molar-refractivity contribution is 0.102. The van der Waals surface area contributed by atoms with Crippen LogP contribution in [-0.2, 0) is 0 Å². The van der Waals surface area contributed by atoms with Crippen LogP contribution >= 0.6 is 0 Å². The lowest BCUT2D eigenvalue weighted by atomic mass is 10.1. The lowest BCUT2D eigenvalue weighted by Crippen LogP contribution is -2.13. The first-order valence-corrected chi connectivity index (χ1v) is 8.81. The average Bonchev–Trinajstić information content (AvgIpc) is 3.25. The van der Waals surface area contributed by atoms with Gasteiger partial charge in [-0.15, -0.1) is 0 Å². The molecule has 0 aliphatic carbocycles. The molecule has 0 aliphatic heterocycles. The summed E-state index contributed by atoms with van der Waals surface area (Å²) in [4.78, 5) is 17.3. The van der Waals surface area contributed by atoms with Crippen molar-refractivity contribution in [1.29, 1.82) is 0 Å². The van der Waals surface area contributed by atoms with Crippen molar-refractivity contribution in [3.63, 3.8) is 0 Å². The molecule has 28 heavy (non-hydrogen) atoms. The number of nitrogens with one attached hydrogen (secondary N) is 1. The number of rotatable bonds is 5. The zero-order chi connectivity index (χ0) is 19.3. The molecular weight excluding hydrogens is 352 g/mol. The molecule has 0 radical (unpaired) electrons. The van der Waals surface area contributed by atoms with Crippen molar-refractivity contribution in [1.82, 2.24) is 4.98 Å². The summed E-state index contributed by atoms with van der Waals surface area (Å²) in [6, 6.07) is 24.2. The second kappa shape index (κ2) is 7.80. The maximum Gasteiger partial charge on any atom is 0.256 e. The maximum atomic E-state index is 12.9. The van der Waals surface area contributed by atoms with E-state index < -0.39 is 0 Å². The quantitative estimate of drug-likeness (QED) is 0.520. The Labute approximate surface area is 162 Å². The molecule has 0 atom stereocenters. The van der Waals surface area contributed by atoms with Gasteiger partial charge >= 0.3 is 0 Å². The van der Waals surface area contributed by atoms with Gasteiger partial charge in [-0.1, -0.05) is 54.6 Å². The molecule has 5 heteroatoms. The van der Waals surface area contributed by atoms with E-state index in [0.717, 1.165) is 5.56 Å². The summed E-state index contributed by atoms with van der Waals surface area (Å²) in [7, 11) is 1.57. The smallest absolute Gasteiger partial charge is 0.256 e. The molecule has 138 valence electrons. The molecule has 1 heterocycles. The van der Waals surface area contributed by atoms with Gasteiger partial charge in [0.15, 0.2) is 5.76 Å². The monoisotopic (exact) mass is 370 g/mol. The highest BCUT2D eigenvalue weighted by molar-refractivity contribution is 6.08. The second-order valence-electron chi connectivity index (χ2n) is 6.10. The SMILES string of the molecule is COc1ccccc1NC(=O)c1ccccc1-c1ncc(-c2ccccc2)o1. The van der Waals surface area contributed by atoms with Crippen LogP contribution in [0.25, 0.3) is 22.8 Å². The lowest BCUT2D eigenvalue weighted by Gasteiger charge is -2.11. The van der Waals surface area contributed by atoms with Crippen molar-refractivity contribution in [2.45, 2.75) is 0 Å². The highest BCUT2D eigenvalue weighted by Crippen LogP contribution is 2.29. The number of oxazole rings is 1. The number of aromatic nitrogens is 1. The van der Waals surface area contributed by atoms with Gasteiger partial charge in [-0.25, -0.2) is 4.98 Å². The van der Waals surface area contributed by atoms with E-state index >= 15 is 0 Å². The molecule has 0 fully saturated rings. The largest absolute Gasteiger partial charge is 0.495 e. The normalized spacial score (nSPS) is 10.5. The van der Waals surface area contributed by atoms with Crippen molar-refractivity contribution in [2.75, 3.05) is 12.4 Å². The van der Waals surface area contributed by atoms with Gasteiger partial charge < -0.3 is 14.5 Å². The topological polar surface area (TPSA) is 64.4 Å². The molecule has 5 nitrogen and oxygen atoms in total. The second-order valence-corrected chi connectivity index (χ2v) is 6.10. The Bertz CT molecular complexity index is 1100. The maximum absolute atomic E-state index is 12.9. The van der Waals surface area contributed by atoms with Gasteiger partial charge in [0, 0.05) is 11.1 Å². The molecule has 3 aromatic carbocycles. The predicted molar refractivity (Wildman–Crippen MR) is 108 cm³/mol. The van der Waals surface area contributed by atoms with Gasteiger partial charge in [-0.05, 0) is 24.3 Å². The molecule has 0 saturated heterocycles. The Balaban J connectivity index is 1.66. The van der Waals surface area contributed by atoms with Gasteiger partial charge in [-0.3, -0.25) is 4.79 Å². The van der Waals surface area contributed by atoms with E-state index in [2.05, 4.69) is 10.3 Å². The van der Waals surface area contributed by atoms with Crippen molar-refractivity contribution < 1.29 is 13.9 Å². The van der Waals surface area contributed by atoms with Crippen LogP contribution in [0.15, 0.2) is 89.5 Å². The summed E-state index contributed by atoms with van der Waals surface area (Å²) < 4.78 is 11.2. The standard InChI is InChI=1S/C23H18N2O3/c1-27-20-14-8-7-13-19(20)25-22(26)17-11-5-6-12-18(17)23-24-15-21(28-23)16-9-3-2-4-10-16/h2-15H,1H3,(H,25,26). The number of ether oxygens (including phenoxy) is 1. The van der Waals surface area contributed by atoms with Crippen LogP contribution in [0, 0.1) is 0 Å². The van der Waals surface area contributed by atoms with E-state index in [-0.39, 0.29) is 5.91 Å². The molecule has 1 aromatic heterocycles. The number of hydrogen-bond donors (Lipinski definition) is 1. The minimum Gasteiger partial charge on any atom is -0.495 e. The highest BCUT2D eigenvalue weighted by atomic mass is 16.5. The molecule has 0 spiro atoms. The minimum absolute atomic E-state index is 0.264. The van der Waals surface area contributed by atoms with Crippen molar-refractivity contribution >= 4 is 11.6 Å². The fraction of sp³-hybridized carbons (Fsp3) is 0.0435. The van der Waals surface area contributed by atoms with E-state index in [0.29, 0.717) is 34.2 Å². The van der Waals surface area contributed by atoms with Crippen LogP contribution in [0.4, 0.5) is 5.69 Å². The Hall–Kier alpha value is -3.86. The number of amides is 1. The highest BCUT2D eigenvalue weighted by Gasteiger charge is 2.18. The first-order chi connectivity index (χ1) is 13.8. The van der Waals surface area contributed by atoms with Crippen LogP contribution in [0.3, 0.4) is 0 Å². The average molecular weight is 370 g/mol. The minimum atomic E-state index is -0.264. The number of hydrogen-bond acceptors (Lipinski definition) is 4. The summed E-state index contributed by atoms with van der Waals surface area (Å²) in [6.07, 6.45) is 1.67. The first-order valence-electron chi connectivity index (χ1n) is 8.81. The van der Waals surface area contributed by atoms with Crippen LogP contribution < -0.4 is 10.1 Å². The summed E-state index contributed by atoms with van der Waals surface area (Å²) in [5, 5.41) is 2.89. The molecule has 4 rings (SSSR count). The summed E-state index contributed by atoms with van der Waals surface area (Å²) in [5.74, 6) is 1.37. The fourth-order valence-electron chi connectivity index (χ4n) is 2.94. The molecule has 1 amide bonds. The van der Waals surface area contributed by atoms with Gasteiger partial charge in [-0.2, -0.15) is 0 Å². The van der Waals surface area contributed by atoms with Crippen molar-refractivity contribution in [2.24, 2.45) is 0 Å². The van der Waals surface area contributed by atoms with Crippen molar-refractivity contribution in [3.8, 4) is 28.5 Å². The van der Waals surface area contributed by atoms with Crippen LogP contribution in [0.5, 0.6) is 5.75 Å². The van der Waals surface area contributed by atoms with Crippen LogP contribution in [-0.4, -0.2) is 18.0 Å². The molecule has 0 saturated carbocycles. The number of methoxy groups -OCH3 is 1. The summed E-state index contributed by atoms with van der Waals surface area (Å²) >= 11 is 0. The zero-order valence-electron chi connectivity index (χ0n) is 15.3. The Morgan fingerprint density at radius 3 is 2.46 bits per heavy atom. The van der Waals surface area contributed by atoms with Crippen LogP contribution in [0.1, 0.15) is 10.4 Å². The third kappa shape index (κ3) is 3.50. The van der Waals surface area contributed by atoms with E-state index in [4.69, 9.17) is 9.15 Å². The molecular formula is C23H18N2O3. The molecule has 4 aromatic rings. The van der Waals surface area contributed by atoms with E-state index in [1.165, 1.54) is 0 Å². The molecule has 0 bridgehead atoms. The Kier molecular flexibility index (Phi) is 4.89. The number of carbonyl (C=O) groups is 1. The van der Waals surface area contributed by atoms with Gasteiger partial charge in [0.1, 0.15) is 5.75 Å². The van der Waals surface area contributed by atoms with Crippen LogP contribution in [0.2, 0.25) is 0 Å². The number of benzene rings is 3. The van der Waals surface area contributed by atoms with E-state index in [1.807, 2.05) is 60.7 Å². The molecule has 1 N–H and O–H groups in total. The molecule has 0 unspecified atom stereocenters. The third-order valence-corrected chi connectivity index (χ3v) is 4.32. The summed E-state index contributed by atoms with van der Waals surface area (Å²) in [5.41, 5.74) is 2.62. The third-order valence-electron chi connectivity index (χ3n) is 4.32. The van der Waals surface area contributed by atoms with Gasteiger partial charge in [0.05, 0.1) is 24.6 Å². The predicted octanol–water partition coefficient (Wildman–Crippen LogP) is 5.27. The number of carbonyl (C=O) groups excluding carboxylic acids is 1. The van der Waals surface area contributed by atoms with E-state index in [1.54, 1.807) is 31.5 Å². The number of para-hydroxylation sites is 2. The molecule has 0 aliphatic rings. The van der Waals surface area contributed by atoms with Gasteiger partial charge in [0.2, 0.25) is 5.89 Å². The zero-order valence-corrected chi connectivity index (χ0v) is 15.3. The fourth-order valence-corrected chi connectivity index (χ4v) is 2.94. The van der Waals surface area contributed by atoms with Gasteiger partial charge in [0.25, 0.3) is 5.91 Å². The van der Waals surface area contributed by atoms with Crippen molar-refractivity contribution in [3.05, 3.63) is 90.6 Å².